The van der Waals surface area contributed by atoms with Gasteiger partial charge in [-0.25, -0.2) is 0 Å². The van der Waals surface area contributed by atoms with Crippen LogP contribution in [0.3, 0.4) is 0 Å². The Morgan fingerprint density at radius 3 is 2.53 bits per heavy atom. The number of amides is 1. The van der Waals surface area contributed by atoms with E-state index in [0.29, 0.717) is 13.0 Å². The summed E-state index contributed by atoms with van der Waals surface area (Å²) in [5, 5.41) is 5.61. The maximum Gasteiger partial charge on any atom is 0.389 e. The van der Waals surface area contributed by atoms with Gasteiger partial charge in [-0.05, 0) is 38.1 Å². The Balaban J connectivity index is 1.85. The summed E-state index contributed by atoms with van der Waals surface area (Å²) >= 11 is 0. The molecule has 0 aliphatic heterocycles. The summed E-state index contributed by atoms with van der Waals surface area (Å²) in [6.45, 7) is 1.44. The van der Waals surface area contributed by atoms with Gasteiger partial charge in [-0.15, -0.1) is 0 Å². The van der Waals surface area contributed by atoms with Crippen molar-refractivity contribution >= 4 is 5.91 Å². The molecule has 0 bridgehead atoms. The molecule has 17 heavy (non-hydrogen) atoms. The van der Waals surface area contributed by atoms with Gasteiger partial charge < -0.3 is 10.6 Å². The van der Waals surface area contributed by atoms with Gasteiger partial charge >= 0.3 is 6.18 Å². The van der Waals surface area contributed by atoms with Crippen molar-refractivity contribution in [3.8, 4) is 0 Å². The van der Waals surface area contributed by atoms with Crippen LogP contribution >= 0.6 is 0 Å². The topological polar surface area (TPSA) is 41.1 Å². The monoisotopic (exact) mass is 252 g/mol. The second kappa shape index (κ2) is 6.83. The van der Waals surface area contributed by atoms with Gasteiger partial charge in [-0.3, -0.25) is 4.79 Å². The zero-order valence-electron chi connectivity index (χ0n) is 9.78. The first kappa shape index (κ1) is 14.3. The first-order chi connectivity index (χ1) is 7.97. The minimum absolute atomic E-state index is 0.0687. The number of rotatable bonds is 8. The predicted octanol–water partition coefficient (Wildman–Crippen LogP) is 1.83. The van der Waals surface area contributed by atoms with Crippen molar-refractivity contribution in [3.05, 3.63) is 0 Å². The summed E-state index contributed by atoms with van der Waals surface area (Å²) in [5.41, 5.74) is 0. The number of halogens is 3. The molecule has 0 aromatic heterocycles. The van der Waals surface area contributed by atoms with Crippen molar-refractivity contribution in [2.24, 2.45) is 5.92 Å². The highest BCUT2D eigenvalue weighted by atomic mass is 19.4. The molecule has 0 unspecified atom stereocenters. The first-order valence-electron chi connectivity index (χ1n) is 6.01. The molecule has 1 rings (SSSR count). The van der Waals surface area contributed by atoms with Crippen LogP contribution in [0.2, 0.25) is 0 Å². The van der Waals surface area contributed by atoms with Gasteiger partial charge in [0.2, 0.25) is 5.91 Å². The SMILES string of the molecule is O=C(CNCC1CC1)NCCCCC(F)(F)F. The Labute approximate surface area is 99.1 Å². The Morgan fingerprint density at radius 1 is 1.24 bits per heavy atom. The fraction of sp³-hybridized carbons (Fsp3) is 0.909. The molecule has 1 aliphatic rings. The third-order valence-electron chi connectivity index (χ3n) is 2.62. The molecule has 1 saturated carbocycles. The average molecular weight is 252 g/mol. The smallest absolute Gasteiger partial charge is 0.355 e. The molecular weight excluding hydrogens is 233 g/mol. The standard InChI is InChI=1S/C11H19F3N2O/c12-11(13,14)5-1-2-6-16-10(17)8-15-7-9-3-4-9/h9,15H,1-8H2,(H,16,17). The molecule has 3 nitrogen and oxygen atoms in total. The largest absolute Gasteiger partial charge is 0.389 e. The van der Waals surface area contributed by atoms with Crippen molar-refractivity contribution in [2.75, 3.05) is 19.6 Å². The zero-order chi connectivity index (χ0) is 12.7. The lowest BCUT2D eigenvalue weighted by Gasteiger charge is -2.07. The lowest BCUT2D eigenvalue weighted by molar-refractivity contribution is -0.135. The highest BCUT2D eigenvalue weighted by Gasteiger charge is 2.25. The van der Waals surface area contributed by atoms with E-state index in [2.05, 4.69) is 10.6 Å². The number of carbonyl (C=O) groups is 1. The van der Waals surface area contributed by atoms with Crippen molar-refractivity contribution in [1.29, 1.82) is 0 Å². The molecule has 0 aromatic rings. The summed E-state index contributed by atoms with van der Waals surface area (Å²) in [5.74, 6) is 0.576. The van der Waals surface area contributed by atoms with Crippen LogP contribution < -0.4 is 10.6 Å². The summed E-state index contributed by atoms with van der Waals surface area (Å²) in [7, 11) is 0. The molecule has 6 heteroatoms. The van der Waals surface area contributed by atoms with E-state index in [-0.39, 0.29) is 18.9 Å². The van der Waals surface area contributed by atoms with Crippen LogP contribution in [-0.2, 0) is 4.79 Å². The lowest BCUT2D eigenvalue weighted by atomic mass is 10.2. The maximum absolute atomic E-state index is 11.8. The van der Waals surface area contributed by atoms with Crippen LogP contribution in [0.5, 0.6) is 0 Å². The number of hydrogen-bond donors (Lipinski definition) is 2. The number of nitrogens with one attached hydrogen (secondary N) is 2. The van der Waals surface area contributed by atoms with E-state index in [9.17, 15) is 18.0 Å². The Kier molecular flexibility index (Phi) is 5.74. The third kappa shape index (κ3) is 8.97. The summed E-state index contributed by atoms with van der Waals surface area (Å²) in [6, 6.07) is 0. The molecule has 0 saturated heterocycles. The number of alkyl halides is 3. The van der Waals surface area contributed by atoms with Crippen molar-refractivity contribution < 1.29 is 18.0 Å². The van der Waals surface area contributed by atoms with Crippen LogP contribution in [-0.4, -0.2) is 31.7 Å². The van der Waals surface area contributed by atoms with Crippen molar-refractivity contribution in [3.63, 3.8) is 0 Å². The van der Waals surface area contributed by atoms with Gasteiger partial charge in [-0.2, -0.15) is 13.2 Å². The summed E-state index contributed by atoms with van der Waals surface area (Å²) in [6.07, 6.45) is -1.97. The van der Waals surface area contributed by atoms with Crippen LogP contribution in [0.15, 0.2) is 0 Å². The van der Waals surface area contributed by atoms with Crippen LogP contribution in [0.1, 0.15) is 32.1 Å². The first-order valence-corrected chi connectivity index (χ1v) is 6.01. The van der Waals surface area contributed by atoms with E-state index >= 15 is 0 Å². The number of carbonyl (C=O) groups excluding carboxylic acids is 1. The van der Waals surface area contributed by atoms with E-state index in [1.165, 1.54) is 12.8 Å². The molecule has 0 spiro atoms. The quantitative estimate of drug-likeness (QED) is 0.647. The third-order valence-corrected chi connectivity index (χ3v) is 2.62. The molecule has 100 valence electrons. The average Bonchev–Trinajstić information content (AvgIpc) is 2.99. The molecule has 0 atom stereocenters. The molecule has 2 N–H and O–H groups in total. The van der Waals surface area contributed by atoms with E-state index in [4.69, 9.17) is 0 Å². The van der Waals surface area contributed by atoms with Gasteiger partial charge in [-0.1, -0.05) is 0 Å². The Morgan fingerprint density at radius 2 is 1.94 bits per heavy atom. The van der Waals surface area contributed by atoms with Gasteiger partial charge in [0.15, 0.2) is 0 Å². The van der Waals surface area contributed by atoms with E-state index in [1.807, 2.05) is 0 Å². The van der Waals surface area contributed by atoms with Gasteiger partial charge in [0.05, 0.1) is 6.54 Å². The molecule has 0 radical (unpaired) electrons. The zero-order valence-corrected chi connectivity index (χ0v) is 9.78. The highest BCUT2D eigenvalue weighted by molar-refractivity contribution is 5.77. The van der Waals surface area contributed by atoms with Crippen molar-refractivity contribution in [2.45, 2.75) is 38.3 Å². The second-order valence-corrected chi connectivity index (χ2v) is 4.50. The summed E-state index contributed by atoms with van der Waals surface area (Å²) < 4.78 is 35.4. The molecular formula is C11H19F3N2O. The van der Waals surface area contributed by atoms with Crippen molar-refractivity contribution in [1.82, 2.24) is 10.6 Å². The second-order valence-electron chi connectivity index (χ2n) is 4.50. The minimum Gasteiger partial charge on any atom is -0.355 e. The van der Waals surface area contributed by atoms with E-state index in [0.717, 1.165) is 12.5 Å². The fourth-order valence-corrected chi connectivity index (χ4v) is 1.45. The minimum atomic E-state index is -4.09. The van der Waals surface area contributed by atoms with E-state index < -0.39 is 12.6 Å². The molecule has 1 aliphatic carbocycles. The van der Waals surface area contributed by atoms with Gasteiger partial charge in [0.25, 0.3) is 0 Å². The Hall–Kier alpha value is -0.780. The molecule has 1 amide bonds. The van der Waals surface area contributed by atoms with Crippen LogP contribution in [0, 0.1) is 5.92 Å². The molecule has 0 heterocycles. The van der Waals surface area contributed by atoms with E-state index in [1.54, 1.807) is 0 Å². The van der Waals surface area contributed by atoms with Crippen LogP contribution in [0.25, 0.3) is 0 Å². The molecule has 1 fully saturated rings. The van der Waals surface area contributed by atoms with Gasteiger partial charge in [0.1, 0.15) is 0 Å². The fourth-order valence-electron chi connectivity index (χ4n) is 1.45. The Bertz CT molecular complexity index is 239. The normalized spacial score (nSPS) is 15.9. The highest BCUT2D eigenvalue weighted by Crippen LogP contribution is 2.27. The number of hydrogen-bond acceptors (Lipinski definition) is 2. The maximum atomic E-state index is 11.8. The van der Waals surface area contributed by atoms with Gasteiger partial charge in [0, 0.05) is 13.0 Å². The van der Waals surface area contributed by atoms with Crippen LogP contribution in [0.4, 0.5) is 13.2 Å². The number of unbranched alkanes of at least 4 members (excludes halogenated alkanes) is 1. The lowest BCUT2D eigenvalue weighted by Crippen LogP contribution is -2.35. The molecule has 0 aromatic carbocycles. The summed E-state index contributed by atoms with van der Waals surface area (Å²) in [4.78, 5) is 11.2. The predicted molar refractivity (Wildman–Crippen MR) is 58.5 cm³/mol.